The molecule has 1 heterocycles. The molecule has 1 saturated heterocycles. The summed E-state index contributed by atoms with van der Waals surface area (Å²) >= 11 is 0. The zero-order valence-electron chi connectivity index (χ0n) is 12.5. The van der Waals surface area contributed by atoms with E-state index in [0.29, 0.717) is 26.2 Å². The first-order chi connectivity index (χ1) is 10.3. The first-order valence-corrected chi connectivity index (χ1v) is 6.77. The molecule has 11 heteroatoms. The maximum absolute atomic E-state index is 12.9. The van der Waals surface area contributed by atoms with Crippen LogP contribution in [0.4, 0.5) is 18.9 Å². The van der Waals surface area contributed by atoms with Gasteiger partial charge in [0.25, 0.3) is 5.69 Å². The molecule has 1 aliphatic rings. The standard InChI is InChI=1S/C13H16F3N3O3.2ClH/c14-13(15,16)8-11(18-5-3-17-4-6-18)10-7-9(19(21)22)1-2-12(10)20;;/h1-2,7,11,17,20H,3-6,8H2;2*1H/t11-;;/m1../s1. The molecule has 24 heavy (non-hydrogen) atoms. The number of non-ortho nitro benzene ring substituents is 1. The van der Waals surface area contributed by atoms with Crippen molar-refractivity contribution in [3.8, 4) is 5.75 Å². The maximum atomic E-state index is 12.9. The summed E-state index contributed by atoms with van der Waals surface area (Å²) in [5, 5.41) is 23.7. The van der Waals surface area contributed by atoms with Crippen LogP contribution >= 0.6 is 24.8 Å². The van der Waals surface area contributed by atoms with E-state index in [-0.39, 0.29) is 41.8 Å². The van der Waals surface area contributed by atoms with E-state index in [0.717, 1.165) is 18.2 Å². The van der Waals surface area contributed by atoms with Crippen molar-refractivity contribution in [1.29, 1.82) is 0 Å². The van der Waals surface area contributed by atoms with Crippen LogP contribution in [0.15, 0.2) is 18.2 Å². The highest BCUT2D eigenvalue weighted by atomic mass is 35.5. The fourth-order valence-electron chi connectivity index (χ4n) is 2.57. The summed E-state index contributed by atoms with van der Waals surface area (Å²) in [5.74, 6) is -0.363. The third-order valence-corrected chi connectivity index (χ3v) is 3.60. The summed E-state index contributed by atoms with van der Waals surface area (Å²) in [5.41, 5.74) is -0.400. The molecule has 2 rings (SSSR count). The smallest absolute Gasteiger partial charge is 0.390 e. The van der Waals surface area contributed by atoms with E-state index in [1.807, 2.05) is 0 Å². The zero-order chi connectivity index (χ0) is 16.3. The summed E-state index contributed by atoms with van der Waals surface area (Å²) in [6.45, 7) is 1.82. The van der Waals surface area contributed by atoms with Gasteiger partial charge in [0, 0.05) is 49.9 Å². The molecule has 138 valence electrons. The summed E-state index contributed by atoms with van der Waals surface area (Å²) in [4.78, 5) is 11.7. The van der Waals surface area contributed by atoms with E-state index in [1.54, 1.807) is 4.90 Å². The number of phenolic OH excluding ortho intramolecular Hbond substituents is 1. The van der Waals surface area contributed by atoms with Crippen LogP contribution < -0.4 is 5.32 Å². The number of nitrogens with zero attached hydrogens (tertiary/aromatic N) is 2. The molecule has 0 bridgehead atoms. The Labute approximate surface area is 149 Å². The SMILES string of the molecule is Cl.Cl.O=[N+]([O-])c1ccc(O)c([C@@H](CC(F)(F)F)N2CCNCC2)c1. The predicted octanol–water partition coefficient (Wildman–Crippen LogP) is 3.04. The Hall–Kier alpha value is -1.29. The number of nitro groups is 1. The Balaban J connectivity index is 0.00000264. The molecule has 1 aromatic carbocycles. The van der Waals surface area contributed by atoms with Crippen molar-refractivity contribution < 1.29 is 23.2 Å². The molecule has 0 spiro atoms. The van der Waals surface area contributed by atoms with Gasteiger partial charge in [-0.3, -0.25) is 15.0 Å². The maximum Gasteiger partial charge on any atom is 0.390 e. The Morgan fingerprint density at radius 3 is 2.38 bits per heavy atom. The minimum atomic E-state index is -4.44. The Morgan fingerprint density at radius 2 is 1.88 bits per heavy atom. The van der Waals surface area contributed by atoms with Crippen molar-refractivity contribution >= 4 is 30.5 Å². The molecule has 0 aromatic heterocycles. The highest BCUT2D eigenvalue weighted by Crippen LogP contribution is 2.39. The van der Waals surface area contributed by atoms with Gasteiger partial charge in [0.2, 0.25) is 0 Å². The summed E-state index contributed by atoms with van der Waals surface area (Å²) in [6.07, 6.45) is -5.60. The van der Waals surface area contributed by atoms with Crippen molar-refractivity contribution in [2.24, 2.45) is 0 Å². The van der Waals surface area contributed by atoms with Gasteiger partial charge < -0.3 is 10.4 Å². The lowest BCUT2D eigenvalue weighted by Gasteiger charge is -2.35. The third-order valence-electron chi connectivity index (χ3n) is 3.60. The lowest BCUT2D eigenvalue weighted by molar-refractivity contribution is -0.385. The van der Waals surface area contributed by atoms with Crippen LogP contribution in [-0.2, 0) is 0 Å². The van der Waals surface area contributed by atoms with Gasteiger partial charge in [-0.25, -0.2) is 0 Å². The largest absolute Gasteiger partial charge is 0.508 e. The molecule has 0 radical (unpaired) electrons. The summed E-state index contributed by atoms with van der Waals surface area (Å²) in [7, 11) is 0. The topological polar surface area (TPSA) is 78.6 Å². The average Bonchev–Trinajstić information content (AvgIpc) is 2.45. The van der Waals surface area contributed by atoms with Gasteiger partial charge in [-0.15, -0.1) is 24.8 Å². The minimum absolute atomic E-state index is 0. The molecule has 0 aliphatic carbocycles. The summed E-state index contributed by atoms with van der Waals surface area (Å²) < 4.78 is 38.6. The Morgan fingerprint density at radius 1 is 1.29 bits per heavy atom. The van der Waals surface area contributed by atoms with E-state index in [1.165, 1.54) is 0 Å². The quantitative estimate of drug-likeness (QED) is 0.609. The molecule has 0 unspecified atom stereocenters. The highest BCUT2D eigenvalue weighted by Gasteiger charge is 2.37. The van der Waals surface area contributed by atoms with Gasteiger partial charge in [-0.05, 0) is 6.07 Å². The number of hydrogen-bond acceptors (Lipinski definition) is 5. The van der Waals surface area contributed by atoms with E-state index < -0.39 is 23.6 Å². The van der Waals surface area contributed by atoms with Crippen molar-refractivity contribution in [3.05, 3.63) is 33.9 Å². The number of benzene rings is 1. The molecule has 2 N–H and O–H groups in total. The number of halogens is 5. The van der Waals surface area contributed by atoms with E-state index in [4.69, 9.17) is 0 Å². The van der Waals surface area contributed by atoms with Crippen LogP contribution in [-0.4, -0.2) is 47.3 Å². The molecule has 1 aromatic rings. The van der Waals surface area contributed by atoms with Crippen LogP contribution in [0.25, 0.3) is 0 Å². The second-order valence-electron chi connectivity index (χ2n) is 5.12. The number of nitrogens with one attached hydrogen (secondary N) is 1. The molecule has 1 aliphatic heterocycles. The molecule has 0 amide bonds. The molecule has 0 saturated carbocycles. The fourth-order valence-corrected chi connectivity index (χ4v) is 2.57. The number of nitro benzene ring substituents is 1. The van der Waals surface area contributed by atoms with Crippen molar-refractivity contribution in [3.63, 3.8) is 0 Å². The number of rotatable bonds is 4. The molecule has 6 nitrogen and oxygen atoms in total. The fraction of sp³-hybridized carbons (Fsp3) is 0.538. The number of phenols is 1. The van der Waals surface area contributed by atoms with Crippen molar-refractivity contribution in [2.75, 3.05) is 26.2 Å². The van der Waals surface area contributed by atoms with Crippen LogP contribution in [0.3, 0.4) is 0 Å². The average molecular weight is 392 g/mol. The normalized spacial score (nSPS) is 16.6. The van der Waals surface area contributed by atoms with Crippen LogP contribution in [0.5, 0.6) is 5.75 Å². The first-order valence-electron chi connectivity index (χ1n) is 6.77. The van der Waals surface area contributed by atoms with E-state index in [2.05, 4.69) is 5.32 Å². The minimum Gasteiger partial charge on any atom is -0.508 e. The van der Waals surface area contributed by atoms with Crippen LogP contribution in [0.2, 0.25) is 0 Å². The highest BCUT2D eigenvalue weighted by molar-refractivity contribution is 5.85. The van der Waals surface area contributed by atoms with Gasteiger partial charge >= 0.3 is 6.18 Å². The van der Waals surface area contributed by atoms with E-state index in [9.17, 15) is 28.4 Å². The van der Waals surface area contributed by atoms with Crippen molar-refractivity contribution in [1.82, 2.24) is 10.2 Å². The second-order valence-corrected chi connectivity index (χ2v) is 5.12. The van der Waals surface area contributed by atoms with Crippen LogP contribution in [0, 0.1) is 10.1 Å². The second kappa shape index (κ2) is 9.26. The molecular formula is C13H18Cl2F3N3O3. The predicted molar refractivity (Wildman–Crippen MR) is 87.1 cm³/mol. The lowest BCUT2D eigenvalue weighted by atomic mass is 9.99. The Bertz CT molecular complexity index is 555. The van der Waals surface area contributed by atoms with Gasteiger partial charge in [-0.1, -0.05) is 0 Å². The van der Waals surface area contributed by atoms with E-state index >= 15 is 0 Å². The van der Waals surface area contributed by atoms with Gasteiger partial charge in [0.1, 0.15) is 5.75 Å². The first kappa shape index (κ1) is 22.7. The molecule has 1 fully saturated rings. The van der Waals surface area contributed by atoms with Gasteiger partial charge in [0.15, 0.2) is 0 Å². The zero-order valence-corrected chi connectivity index (χ0v) is 14.1. The van der Waals surface area contributed by atoms with Crippen LogP contribution in [0.1, 0.15) is 18.0 Å². The molecular weight excluding hydrogens is 374 g/mol. The Kier molecular flexibility index (Phi) is 8.76. The number of aromatic hydroxyl groups is 1. The van der Waals surface area contributed by atoms with Gasteiger partial charge in [-0.2, -0.15) is 13.2 Å². The summed E-state index contributed by atoms with van der Waals surface area (Å²) in [6, 6.07) is 2.02. The number of alkyl halides is 3. The number of hydrogen-bond donors (Lipinski definition) is 2. The monoisotopic (exact) mass is 391 g/mol. The lowest BCUT2D eigenvalue weighted by Crippen LogP contribution is -2.46. The number of piperazine rings is 1. The molecule has 1 atom stereocenters. The van der Waals surface area contributed by atoms with Gasteiger partial charge in [0.05, 0.1) is 11.3 Å². The van der Waals surface area contributed by atoms with Crippen molar-refractivity contribution in [2.45, 2.75) is 18.6 Å². The third kappa shape index (κ3) is 5.97.